The number of urea groups is 1. The summed E-state index contributed by atoms with van der Waals surface area (Å²) in [5, 5.41) is 2.75. The van der Waals surface area contributed by atoms with Crippen molar-refractivity contribution < 1.29 is 23.0 Å². The number of nitrogens with one attached hydrogen (secondary N) is 1. The number of carbonyl (C=O) groups is 1. The third kappa shape index (κ3) is 4.82. The van der Waals surface area contributed by atoms with Gasteiger partial charge in [0.05, 0.1) is 19.3 Å². The number of hydrogen-bond donors (Lipinski definition) is 1. The molecule has 2 amide bonds. The second kappa shape index (κ2) is 9.25. The third-order valence-electron chi connectivity index (χ3n) is 4.52. The lowest BCUT2D eigenvalue weighted by Crippen LogP contribution is -2.52. The number of benzene rings is 2. The molecule has 1 aliphatic heterocycles. The van der Waals surface area contributed by atoms with Crippen LogP contribution in [-0.2, 0) is 0 Å². The van der Waals surface area contributed by atoms with Crippen LogP contribution >= 0.6 is 0 Å². The Bertz CT molecular complexity index is 811. The number of halogens is 2. The van der Waals surface area contributed by atoms with Gasteiger partial charge in [-0.15, -0.1) is 0 Å². The molecule has 0 aliphatic carbocycles. The number of piperazine rings is 1. The van der Waals surface area contributed by atoms with Crippen LogP contribution in [0.3, 0.4) is 0 Å². The minimum atomic E-state index is -0.765. The van der Waals surface area contributed by atoms with Crippen molar-refractivity contribution in [2.75, 3.05) is 51.3 Å². The van der Waals surface area contributed by atoms with E-state index in [4.69, 9.17) is 9.47 Å². The molecule has 1 aliphatic rings. The minimum absolute atomic E-state index is 0.0407. The van der Waals surface area contributed by atoms with Crippen LogP contribution in [0, 0.1) is 11.6 Å². The molecular weight excluding hydrogens is 368 g/mol. The molecule has 0 saturated carbocycles. The van der Waals surface area contributed by atoms with E-state index in [9.17, 15) is 13.6 Å². The SMILES string of the molecule is COc1ccccc1N1CCN(C(=O)NCCOc2ccc(F)cc2F)CC1. The van der Waals surface area contributed by atoms with E-state index < -0.39 is 11.6 Å². The van der Waals surface area contributed by atoms with Crippen LogP contribution < -0.4 is 19.7 Å². The Morgan fingerprint density at radius 3 is 2.54 bits per heavy atom. The zero-order valence-electron chi connectivity index (χ0n) is 15.7. The second-order valence-corrected chi connectivity index (χ2v) is 6.30. The molecule has 28 heavy (non-hydrogen) atoms. The molecule has 0 unspecified atom stereocenters. The Labute approximate surface area is 162 Å². The lowest BCUT2D eigenvalue weighted by molar-refractivity contribution is 0.191. The molecule has 1 fully saturated rings. The van der Waals surface area contributed by atoms with Gasteiger partial charge in [-0.3, -0.25) is 0 Å². The highest BCUT2D eigenvalue weighted by atomic mass is 19.1. The summed E-state index contributed by atoms with van der Waals surface area (Å²) in [6.45, 7) is 2.88. The molecule has 3 rings (SSSR count). The van der Waals surface area contributed by atoms with E-state index in [0.717, 1.165) is 23.6 Å². The fraction of sp³-hybridized carbons (Fsp3) is 0.350. The highest BCUT2D eigenvalue weighted by Gasteiger charge is 2.22. The largest absolute Gasteiger partial charge is 0.495 e. The topological polar surface area (TPSA) is 54.0 Å². The van der Waals surface area contributed by atoms with Crippen molar-refractivity contribution >= 4 is 11.7 Å². The maximum Gasteiger partial charge on any atom is 0.317 e. The molecule has 0 bridgehead atoms. The normalized spacial score (nSPS) is 14.0. The summed E-state index contributed by atoms with van der Waals surface area (Å²) in [5.41, 5.74) is 1.01. The molecule has 0 spiro atoms. The predicted octanol–water partition coefficient (Wildman–Crippen LogP) is 2.88. The Kier molecular flexibility index (Phi) is 6.52. The average Bonchev–Trinajstić information content (AvgIpc) is 2.72. The number of amides is 2. The van der Waals surface area contributed by atoms with E-state index in [1.807, 2.05) is 24.3 Å². The molecule has 0 atom stereocenters. The van der Waals surface area contributed by atoms with Crippen LogP contribution in [0.2, 0.25) is 0 Å². The summed E-state index contributed by atoms with van der Waals surface area (Å²) >= 11 is 0. The van der Waals surface area contributed by atoms with Gasteiger partial charge in [-0.05, 0) is 24.3 Å². The van der Waals surface area contributed by atoms with Crippen LogP contribution in [-0.4, -0.2) is 57.4 Å². The maximum absolute atomic E-state index is 13.5. The van der Waals surface area contributed by atoms with E-state index in [1.165, 1.54) is 6.07 Å². The van der Waals surface area contributed by atoms with E-state index in [0.29, 0.717) is 26.2 Å². The number of para-hydroxylation sites is 2. The Morgan fingerprint density at radius 1 is 1.07 bits per heavy atom. The summed E-state index contributed by atoms with van der Waals surface area (Å²) in [6.07, 6.45) is 0. The smallest absolute Gasteiger partial charge is 0.317 e. The fourth-order valence-corrected chi connectivity index (χ4v) is 3.06. The number of nitrogens with zero attached hydrogens (tertiary/aromatic N) is 2. The quantitative estimate of drug-likeness (QED) is 0.770. The molecule has 2 aromatic rings. The van der Waals surface area contributed by atoms with Crippen LogP contribution in [0.1, 0.15) is 0 Å². The molecule has 150 valence electrons. The first-order valence-corrected chi connectivity index (χ1v) is 9.07. The number of anilines is 1. The molecule has 0 radical (unpaired) electrons. The molecule has 1 saturated heterocycles. The van der Waals surface area contributed by atoms with Gasteiger partial charge < -0.3 is 24.6 Å². The van der Waals surface area contributed by atoms with Crippen molar-refractivity contribution in [3.05, 3.63) is 54.1 Å². The van der Waals surface area contributed by atoms with Gasteiger partial charge in [-0.25, -0.2) is 13.6 Å². The number of carbonyl (C=O) groups excluding carboxylic acids is 1. The third-order valence-corrected chi connectivity index (χ3v) is 4.52. The first-order valence-electron chi connectivity index (χ1n) is 9.07. The Hall–Kier alpha value is -3.03. The summed E-state index contributed by atoms with van der Waals surface area (Å²) in [7, 11) is 1.64. The molecule has 8 heteroatoms. The van der Waals surface area contributed by atoms with Crippen molar-refractivity contribution in [2.24, 2.45) is 0 Å². The van der Waals surface area contributed by atoms with E-state index in [2.05, 4.69) is 10.2 Å². The Morgan fingerprint density at radius 2 is 1.82 bits per heavy atom. The summed E-state index contributed by atoms with van der Waals surface area (Å²) in [5.74, 6) is -0.657. The number of hydrogen-bond acceptors (Lipinski definition) is 4. The van der Waals surface area contributed by atoms with Gasteiger partial charge in [0.25, 0.3) is 0 Å². The maximum atomic E-state index is 13.5. The van der Waals surface area contributed by atoms with Crippen molar-refractivity contribution in [1.29, 1.82) is 0 Å². The zero-order chi connectivity index (χ0) is 19.9. The molecule has 1 N–H and O–H groups in total. The predicted molar refractivity (Wildman–Crippen MR) is 102 cm³/mol. The summed E-state index contributed by atoms with van der Waals surface area (Å²) < 4.78 is 37.0. The minimum Gasteiger partial charge on any atom is -0.495 e. The van der Waals surface area contributed by atoms with Gasteiger partial charge in [0, 0.05) is 32.2 Å². The monoisotopic (exact) mass is 391 g/mol. The molecule has 6 nitrogen and oxygen atoms in total. The molecular formula is C20H23F2N3O3. The Balaban J connectivity index is 1.41. The number of rotatable bonds is 6. The van der Waals surface area contributed by atoms with Gasteiger partial charge in [0.1, 0.15) is 18.2 Å². The number of ether oxygens (including phenoxy) is 2. The van der Waals surface area contributed by atoms with Gasteiger partial charge in [0.15, 0.2) is 11.6 Å². The molecule has 1 heterocycles. The second-order valence-electron chi connectivity index (χ2n) is 6.30. The molecule has 0 aromatic heterocycles. The van der Waals surface area contributed by atoms with Gasteiger partial charge in [0.2, 0.25) is 0 Å². The average molecular weight is 391 g/mol. The van der Waals surface area contributed by atoms with Crippen LogP contribution in [0.4, 0.5) is 19.3 Å². The number of methoxy groups -OCH3 is 1. The first-order chi connectivity index (χ1) is 13.6. The van der Waals surface area contributed by atoms with Crippen LogP contribution in [0.5, 0.6) is 11.5 Å². The molecule has 2 aromatic carbocycles. The highest BCUT2D eigenvalue weighted by molar-refractivity contribution is 5.74. The van der Waals surface area contributed by atoms with Gasteiger partial charge in [-0.2, -0.15) is 0 Å². The van der Waals surface area contributed by atoms with Crippen LogP contribution in [0.25, 0.3) is 0 Å². The summed E-state index contributed by atoms with van der Waals surface area (Å²) in [4.78, 5) is 16.2. The van der Waals surface area contributed by atoms with Gasteiger partial charge >= 0.3 is 6.03 Å². The fourth-order valence-electron chi connectivity index (χ4n) is 3.06. The lowest BCUT2D eigenvalue weighted by atomic mass is 10.2. The van der Waals surface area contributed by atoms with Crippen molar-refractivity contribution in [1.82, 2.24) is 10.2 Å². The summed E-state index contributed by atoms with van der Waals surface area (Å²) in [6, 6.07) is 10.7. The van der Waals surface area contributed by atoms with E-state index >= 15 is 0 Å². The lowest BCUT2D eigenvalue weighted by Gasteiger charge is -2.36. The van der Waals surface area contributed by atoms with E-state index in [1.54, 1.807) is 12.0 Å². The van der Waals surface area contributed by atoms with Crippen LogP contribution in [0.15, 0.2) is 42.5 Å². The van der Waals surface area contributed by atoms with Crippen molar-refractivity contribution in [3.8, 4) is 11.5 Å². The standard InChI is InChI=1S/C20H23F2N3O3/c1-27-19-5-3-2-4-17(19)24-9-11-25(12-10-24)20(26)23-8-13-28-18-7-6-15(21)14-16(18)22/h2-7,14H,8-13H2,1H3,(H,23,26). The zero-order valence-corrected chi connectivity index (χ0v) is 15.7. The van der Waals surface area contributed by atoms with E-state index in [-0.39, 0.29) is 24.9 Å². The first kappa shape index (κ1) is 19.7. The highest BCUT2D eigenvalue weighted by Crippen LogP contribution is 2.28. The van der Waals surface area contributed by atoms with Crippen molar-refractivity contribution in [2.45, 2.75) is 0 Å². The van der Waals surface area contributed by atoms with Gasteiger partial charge in [-0.1, -0.05) is 12.1 Å². The van der Waals surface area contributed by atoms with Crippen molar-refractivity contribution in [3.63, 3.8) is 0 Å².